The standard InChI is InChI=1S/C27H33F3N4O5S/c1-19(2)24(26(36)33-11-9-32(10-12-33)22-7-4-6-21(18-22)27(28,29)30)31-25(35)20-5-3-8-23(17-20)40(37,38)34-13-15-39-16-14-34/h3-8,17-19,24H,9-16H2,1-2H3,(H,31,35). The molecule has 40 heavy (non-hydrogen) atoms. The number of benzene rings is 2. The maximum absolute atomic E-state index is 13.4. The van der Waals surface area contributed by atoms with Gasteiger partial charge in [-0.1, -0.05) is 26.0 Å². The zero-order valence-electron chi connectivity index (χ0n) is 22.4. The molecule has 1 N–H and O–H groups in total. The predicted octanol–water partition coefficient (Wildman–Crippen LogP) is 2.83. The number of hydrogen-bond acceptors (Lipinski definition) is 6. The Hall–Kier alpha value is -3.16. The molecular formula is C27H33F3N4O5S. The first-order valence-corrected chi connectivity index (χ1v) is 14.5. The van der Waals surface area contributed by atoms with Gasteiger partial charge in [0.15, 0.2) is 0 Å². The van der Waals surface area contributed by atoms with E-state index in [9.17, 15) is 31.2 Å². The van der Waals surface area contributed by atoms with Crippen molar-refractivity contribution in [1.29, 1.82) is 0 Å². The first kappa shape index (κ1) is 29.8. The van der Waals surface area contributed by atoms with Gasteiger partial charge in [-0.3, -0.25) is 9.59 Å². The van der Waals surface area contributed by atoms with Crippen LogP contribution in [0, 0.1) is 5.92 Å². The van der Waals surface area contributed by atoms with Gasteiger partial charge in [0.25, 0.3) is 5.91 Å². The van der Waals surface area contributed by atoms with E-state index in [4.69, 9.17) is 4.74 Å². The van der Waals surface area contributed by atoms with Crippen LogP contribution in [0.2, 0.25) is 0 Å². The van der Waals surface area contributed by atoms with Crippen LogP contribution in [0.25, 0.3) is 0 Å². The number of halogens is 3. The summed E-state index contributed by atoms with van der Waals surface area (Å²) < 4.78 is 71.9. The number of carbonyl (C=O) groups is 2. The lowest BCUT2D eigenvalue weighted by atomic mass is 10.0. The first-order chi connectivity index (χ1) is 18.9. The highest BCUT2D eigenvalue weighted by Gasteiger charge is 2.34. The molecule has 1 atom stereocenters. The molecule has 2 fully saturated rings. The molecule has 2 aliphatic rings. The van der Waals surface area contributed by atoms with Crippen LogP contribution in [0.3, 0.4) is 0 Å². The number of carbonyl (C=O) groups excluding carboxylic acids is 2. The van der Waals surface area contributed by atoms with E-state index in [1.807, 2.05) is 0 Å². The molecule has 0 aromatic heterocycles. The molecular weight excluding hydrogens is 549 g/mol. The van der Waals surface area contributed by atoms with Crippen LogP contribution >= 0.6 is 0 Å². The summed E-state index contributed by atoms with van der Waals surface area (Å²) >= 11 is 0. The average molecular weight is 583 g/mol. The van der Waals surface area contributed by atoms with Gasteiger partial charge in [-0.25, -0.2) is 8.42 Å². The van der Waals surface area contributed by atoms with E-state index in [0.29, 0.717) is 32.0 Å². The summed E-state index contributed by atoms with van der Waals surface area (Å²) in [4.78, 5) is 29.9. The van der Waals surface area contributed by atoms with Gasteiger partial charge in [-0.15, -0.1) is 0 Å². The minimum absolute atomic E-state index is 0.0137. The molecule has 2 saturated heterocycles. The highest BCUT2D eigenvalue weighted by molar-refractivity contribution is 7.89. The van der Waals surface area contributed by atoms with Crippen molar-refractivity contribution in [3.63, 3.8) is 0 Å². The van der Waals surface area contributed by atoms with Gasteiger partial charge < -0.3 is 19.9 Å². The summed E-state index contributed by atoms with van der Waals surface area (Å²) in [6.07, 6.45) is -4.44. The first-order valence-electron chi connectivity index (χ1n) is 13.1. The molecule has 0 saturated carbocycles. The number of nitrogens with zero attached hydrogens (tertiary/aromatic N) is 3. The lowest BCUT2D eigenvalue weighted by molar-refractivity contribution is -0.137. The van der Waals surface area contributed by atoms with Gasteiger partial charge in [0, 0.05) is 50.5 Å². The minimum atomic E-state index is -4.44. The number of amides is 2. The van der Waals surface area contributed by atoms with Gasteiger partial charge >= 0.3 is 6.18 Å². The molecule has 1 unspecified atom stereocenters. The molecule has 2 aromatic carbocycles. The SMILES string of the molecule is CC(C)C(NC(=O)c1cccc(S(=O)(=O)N2CCOCC2)c1)C(=O)N1CCN(c2cccc(C(F)(F)F)c2)CC1. The van der Waals surface area contributed by atoms with Crippen molar-refractivity contribution in [1.82, 2.24) is 14.5 Å². The van der Waals surface area contributed by atoms with Crippen LogP contribution in [-0.2, 0) is 25.7 Å². The molecule has 2 aromatic rings. The number of ether oxygens (including phenoxy) is 1. The van der Waals surface area contributed by atoms with Gasteiger partial charge in [0.2, 0.25) is 15.9 Å². The Bertz CT molecular complexity index is 1320. The highest BCUT2D eigenvalue weighted by Crippen LogP contribution is 2.32. The van der Waals surface area contributed by atoms with Crippen LogP contribution in [0.15, 0.2) is 53.4 Å². The monoisotopic (exact) mass is 582 g/mol. The molecule has 4 rings (SSSR count). The molecule has 0 spiro atoms. The molecule has 2 aliphatic heterocycles. The van der Waals surface area contributed by atoms with Crippen LogP contribution in [-0.4, -0.2) is 88.0 Å². The third-order valence-electron chi connectivity index (χ3n) is 7.05. The van der Waals surface area contributed by atoms with E-state index >= 15 is 0 Å². The fourth-order valence-electron chi connectivity index (χ4n) is 4.73. The van der Waals surface area contributed by atoms with Crippen LogP contribution < -0.4 is 10.2 Å². The number of anilines is 1. The molecule has 0 radical (unpaired) electrons. The molecule has 2 amide bonds. The van der Waals surface area contributed by atoms with Crippen molar-refractivity contribution in [2.75, 3.05) is 57.4 Å². The van der Waals surface area contributed by atoms with Crippen molar-refractivity contribution in [2.45, 2.75) is 31.0 Å². The van der Waals surface area contributed by atoms with E-state index in [-0.39, 0.29) is 48.5 Å². The van der Waals surface area contributed by atoms with Crippen molar-refractivity contribution in [3.8, 4) is 0 Å². The van der Waals surface area contributed by atoms with Crippen molar-refractivity contribution in [3.05, 3.63) is 59.7 Å². The Morgan fingerprint density at radius 3 is 2.20 bits per heavy atom. The number of alkyl halides is 3. The van der Waals surface area contributed by atoms with Gasteiger partial charge in [0.05, 0.1) is 23.7 Å². The van der Waals surface area contributed by atoms with Gasteiger partial charge in [-0.2, -0.15) is 17.5 Å². The highest BCUT2D eigenvalue weighted by atomic mass is 32.2. The van der Waals surface area contributed by atoms with Gasteiger partial charge in [0.1, 0.15) is 6.04 Å². The summed E-state index contributed by atoms with van der Waals surface area (Å²) in [5, 5.41) is 2.76. The molecule has 0 bridgehead atoms. The fourth-order valence-corrected chi connectivity index (χ4v) is 6.19. The fraction of sp³-hybridized carbons (Fsp3) is 0.481. The van der Waals surface area contributed by atoms with E-state index in [0.717, 1.165) is 12.1 Å². The zero-order valence-corrected chi connectivity index (χ0v) is 23.2. The number of piperazine rings is 1. The van der Waals surface area contributed by atoms with E-state index in [1.54, 1.807) is 29.7 Å². The number of rotatable bonds is 7. The second-order valence-electron chi connectivity index (χ2n) is 10.1. The quantitative estimate of drug-likeness (QED) is 0.539. The van der Waals surface area contributed by atoms with Crippen LogP contribution in [0.1, 0.15) is 29.8 Å². The Kier molecular flexibility index (Phi) is 9.06. The van der Waals surface area contributed by atoms with Gasteiger partial charge in [-0.05, 0) is 42.3 Å². The van der Waals surface area contributed by atoms with Crippen LogP contribution in [0.5, 0.6) is 0 Å². The molecule has 0 aliphatic carbocycles. The predicted molar refractivity (Wildman–Crippen MR) is 142 cm³/mol. The van der Waals surface area contributed by atoms with Crippen molar-refractivity contribution in [2.24, 2.45) is 5.92 Å². The second-order valence-corrected chi connectivity index (χ2v) is 12.0. The number of nitrogens with one attached hydrogen (secondary N) is 1. The number of hydrogen-bond donors (Lipinski definition) is 1. The number of morpholine rings is 1. The third kappa shape index (κ3) is 6.76. The number of sulfonamides is 1. The molecule has 9 nitrogen and oxygen atoms in total. The van der Waals surface area contributed by atoms with E-state index < -0.39 is 33.7 Å². The smallest absolute Gasteiger partial charge is 0.379 e. The summed E-state index contributed by atoms with van der Waals surface area (Å²) in [7, 11) is -3.80. The second kappa shape index (κ2) is 12.1. The summed E-state index contributed by atoms with van der Waals surface area (Å²) in [5.74, 6) is -1.14. The Morgan fingerprint density at radius 2 is 1.57 bits per heavy atom. The minimum Gasteiger partial charge on any atom is -0.379 e. The third-order valence-corrected chi connectivity index (χ3v) is 8.95. The Balaban J connectivity index is 1.41. The lowest BCUT2D eigenvalue weighted by Gasteiger charge is -2.38. The van der Waals surface area contributed by atoms with E-state index in [1.165, 1.54) is 34.6 Å². The summed E-state index contributed by atoms with van der Waals surface area (Å²) in [6.45, 7) is 5.87. The Labute approximate surface area is 231 Å². The summed E-state index contributed by atoms with van der Waals surface area (Å²) in [6, 6.07) is 9.93. The zero-order chi connectivity index (χ0) is 29.1. The molecule has 218 valence electrons. The summed E-state index contributed by atoms with van der Waals surface area (Å²) in [5.41, 5.74) is -0.183. The maximum atomic E-state index is 13.4. The molecule has 2 heterocycles. The normalized spacial score (nSPS) is 18.1. The van der Waals surface area contributed by atoms with Crippen molar-refractivity contribution < 1.29 is 35.9 Å². The lowest BCUT2D eigenvalue weighted by Crippen LogP contribution is -2.56. The molecule has 13 heteroatoms. The maximum Gasteiger partial charge on any atom is 0.416 e. The largest absolute Gasteiger partial charge is 0.416 e. The Morgan fingerprint density at radius 1 is 0.925 bits per heavy atom. The van der Waals surface area contributed by atoms with Crippen molar-refractivity contribution >= 4 is 27.5 Å². The average Bonchev–Trinajstić information content (AvgIpc) is 2.95. The van der Waals surface area contributed by atoms with Crippen LogP contribution in [0.4, 0.5) is 18.9 Å². The van der Waals surface area contributed by atoms with E-state index in [2.05, 4.69) is 5.32 Å². The topological polar surface area (TPSA) is 99.3 Å².